The number of anilines is 1. The number of sulfonamides is 1. The second kappa shape index (κ2) is 8.64. The zero-order chi connectivity index (χ0) is 22.0. The van der Waals surface area contributed by atoms with Crippen LogP contribution in [-0.4, -0.2) is 19.3 Å². The van der Waals surface area contributed by atoms with Gasteiger partial charge in [0.05, 0.1) is 20.7 Å². The van der Waals surface area contributed by atoms with Gasteiger partial charge >= 0.3 is 0 Å². The Morgan fingerprint density at radius 3 is 2.61 bits per heavy atom. The minimum atomic E-state index is -3.82. The number of nitrogens with zero attached hydrogens (tertiary/aromatic N) is 1. The molecular weight excluding hydrogens is 458 g/mol. The molecule has 0 aliphatic heterocycles. The van der Waals surface area contributed by atoms with Crippen LogP contribution in [0.5, 0.6) is 5.75 Å². The van der Waals surface area contributed by atoms with Crippen molar-refractivity contribution in [2.75, 3.05) is 5.32 Å². The molecule has 158 valence electrons. The maximum atomic E-state index is 12.8. The Labute approximate surface area is 187 Å². The highest BCUT2D eigenvalue weighted by molar-refractivity contribution is 7.89. The Balaban J connectivity index is 1.54. The van der Waals surface area contributed by atoms with Gasteiger partial charge in [0.15, 0.2) is 5.13 Å². The number of carbonyl (C=O) groups is 1. The van der Waals surface area contributed by atoms with Crippen molar-refractivity contribution in [2.24, 2.45) is 5.14 Å². The van der Waals surface area contributed by atoms with Crippen molar-refractivity contribution in [2.45, 2.75) is 11.5 Å². The van der Waals surface area contributed by atoms with Crippen LogP contribution in [0.3, 0.4) is 0 Å². The molecule has 3 N–H and O–H groups in total. The number of nitrogens with one attached hydrogen (secondary N) is 1. The van der Waals surface area contributed by atoms with Crippen molar-refractivity contribution in [1.82, 2.24) is 4.98 Å². The molecular formula is C21H16ClN3O4S2. The van der Waals surface area contributed by atoms with Crippen molar-refractivity contribution >= 4 is 54.2 Å². The molecule has 0 bridgehead atoms. The number of thiazole rings is 1. The first kappa shape index (κ1) is 21.3. The number of halogens is 1. The predicted molar refractivity (Wildman–Crippen MR) is 121 cm³/mol. The molecule has 0 atom stereocenters. The van der Waals surface area contributed by atoms with E-state index in [1.165, 1.54) is 12.1 Å². The molecule has 0 saturated heterocycles. The summed E-state index contributed by atoms with van der Waals surface area (Å²) in [5.41, 5.74) is 1.69. The highest BCUT2D eigenvalue weighted by atomic mass is 35.5. The average Bonchev–Trinajstić information content (AvgIpc) is 3.14. The van der Waals surface area contributed by atoms with E-state index in [1.807, 2.05) is 18.2 Å². The van der Waals surface area contributed by atoms with Crippen LogP contribution in [0.1, 0.15) is 15.9 Å². The smallest absolute Gasteiger partial charge is 0.261 e. The van der Waals surface area contributed by atoms with Crippen molar-refractivity contribution < 1.29 is 17.9 Å². The van der Waals surface area contributed by atoms with Crippen LogP contribution in [0.15, 0.2) is 71.6 Å². The van der Waals surface area contributed by atoms with Crippen molar-refractivity contribution in [3.63, 3.8) is 0 Å². The number of fused-ring (bicyclic) bond motifs is 1. The number of ether oxygens (including phenoxy) is 1. The SMILES string of the molecule is NS(=O)(=O)c1ccc2nc(NC(=O)c3ccccc3OCc3ccccc3Cl)sc2c1. The molecule has 1 amide bonds. The third-order valence-electron chi connectivity index (χ3n) is 4.38. The van der Waals surface area contributed by atoms with Crippen LogP contribution < -0.4 is 15.2 Å². The van der Waals surface area contributed by atoms with Gasteiger partial charge in [0.25, 0.3) is 5.91 Å². The molecule has 31 heavy (non-hydrogen) atoms. The molecule has 0 aliphatic rings. The summed E-state index contributed by atoms with van der Waals surface area (Å²) in [6.45, 7) is 0.210. The largest absolute Gasteiger partial charge is 0.488 e. The fraction of sp³-hybridized carbons (Fsp3) is 0.0476. The Bertz CT molecular complexity index is 1390. The van der Waals surface area contributed by atoms with E-state index in [0.717, 1.165) is 16.9 Å². The fourth-order valence-electron chi connectivity index (χ4n) is 2.85. The molecule has 0 aliphatic carbocycles. The fourth-order valence-corrected chi connectivity index (χ4v) is 4.56. The number of hydrogen-bond acceptors (Lipinski definition) is 6. The Morgan fingerprint density at radius 1 is 1.10 bits per heavy atom. The zero-order valence-electron chi connectivity index (χ0n) is 15.9. The molecule has 0 fully saturated rings. The molecule has 0 unspecified atom stereocenters. The van der Waals surface area contributed by atoms with E-state index in [2.05, 4.69) is 10.3 Å². The topological polar surface area (TPSA) is 111 Å². The van der Waals surface area contributed by atoms with Crippen LogP contribution in [0.25, 0.3) is 10.2 Å². The summed E-state index contributed by atoms with van der Waals surface area (Å²) in [4.78, 5) is 17.2. The maximum Gasteiger partial charge on any atom is 0.261 e. The number of rotatable bonds is 6. The van der Waals surface area contributed by atoms with Gasteiger partial charge in [-0.2, -0.15) is 0 Å². The number of amides is 1. The van der Waals surface area contributed by atoms with Gasteiger partial charge in [-0.3, -0.25) is 10.1 Å². The molecule has 10 heteroatoms. The molecule has 0 radical (unpaired) electrons. The van der Waals surface area contributed by atoms with E-state index in [0.29, 0.717) is 31.7 Å². The number of benzene rings is 3. The normalized spacial score (nSPS) is 11.4. The standard InChI is InChI=1S/C21H16ClN3O4S2/c22-16-7-3-1-5-13(16)12-29-18-8-4-2-6-15(18)20(26)25-21-24-17-10-9-14(31(23,27)28)11-19(17)30-21/h1-11H,12H2,(H2,23,27,28)(H,24,25,26). The number of primary sulfonamides is 1. The van der Waals surface area contributed by atoms with E-state index in [-0.39, 0.29) is 11.5 Å². The van der Waals surface area contributed by atoms with Crippen LogP contribution >= 0.6 is 22.9 Å². The van der Waals surface area contributed by atoms with Crippen molar-refractivity contribution in [3.8, 4) is 5.75 Å². The van der Waals surface area contributed by atoms with Gasteiger partial charge in [0.2, 0.25) is 10.0 Å². The van der Waals surface area contributed by atoms with Gasteiger partial charge < -0.3 is 4.74 Å². The molecule has 7 nitrogen and oxygen atoms in total. The minimum Gasteiger partial charge on any atom is -0.488 e. The summed E-state index contributed by atoms with van der Waals surface area (Å²) >= 11 is 7.31. The van der Waals surface area contributed by atoms with Crippen molar-refractivity contribution in [1.29, 1.82) is 0 Å². The molecule has 4 rings (SSSR count). The lowest BCUT2D eigenvalue weighted by Gasteiger charge is -2.11. The lowest BCUT2D eigenvalue weighted by molar-refractivity contribution is 0.102. The van der Waals surface area contributed by atoms with Gasteiger partial charge in [-0.15, -0.1) is 0 Å². The van der Waals surface area contributed by atoms with E-state index in [9.17, 15) is 13.2 Å². The number of aromatic nitrogens is 1. The van der Waals surface area contributed by atoms with Gasteiger partial charge in [-0.1, -0.05) is 53.3 Å². The average molecular weight is 474 g/mol. The molecule has 0 spiro atoms. The third kappa shape index (κ3) is 4.86. The van der Waals surface area contributed by atoms with Crippen LogP contribution in [0.4, 0.5) is 5.13 Å². The molecule has 4 aromatic rings. The summed E-state index contributed by atoms with van der Waals surface area (Å²) in [6.07, 6.45) is 0. The Morgan fingerprint density at radius 2 is 1.84 bits per heavy atom. The van der Waals surface area contributed by atoms with E-state index >= 15 is 0 Å². The monoisotopic (exact) mass is 473 g/mol. The maximum absolute atomic E-state index is 12.8. The third-order valence-corrected chi connectivity index (χ3v) is 6.59. The lowest BCUT2D eigenvalue weighted by Crippen LogP contribution is -2.13. The van der Waals surface area contributed by atoms with Gasteiger partial charge in [0.1, 0.15) is 12.4 Å². The Hall–Kier alpha value is -2.98. The van der Waals surface area contributed by atoms with Gasteiger partial charge in [-0.05, 0) is 36.4 Å². The second-order valence-corrected chi connectivity index (χ2v) is 9.52. The number of hydrogen-bond donors (Lipinski definition) is 2. The first-order valence-corrected chi connectivity index (χ1v) is 11.8. The number of para-hydroxylation sites is 1. The zero-order valence-corrected chi connectivity index (χ0v) is 18.3. The van der Waals surface area contributed by atoms with E-state index in [4.69, 9.17) is 21.5 Å². The first-order valence-electron chi connectivity index (χ1n) is 9.01. The second-order valence-electron chi connectivity index (χ2n) is 6.52. The Kier molecular flexibility index (Phi) is 5.92. The van der Waals surface area contributed by atoms with E-state index < -0.39 is 15.9 Å². The van der Waals surface area contributed by atoms with E-state index in [1.54, 1.807) is 36.4 Å². The van der Waals surface area contributed by atoms with Crippen LogP contribution in [0.2, 0.25) is 5.02 Å². The summed E-state index contributed by atoms with van der Waals surface area (Å²) < 4.78 is 29.5. The first-order chi connectivity index (χ1) is 14.8. The summed E-state index contributed by atoms with van der Waals surface area (Å²) in [6, 6.07) is 18.5. The van der Waals surface area contributed by atoms with Crippen molar-refractivity contribution in [3.05, 3.63) is 82.9 Å². The number of nitrogens with two attached hydrogens (primary N) is 1. The summed E-state index contributed by atoms with van der Waals surface area (Å²) in [5, 5.41) is 8.82. The number of carbonyl (C=O) groups excluding carboxylic acids is 1. The molecule has 0 saturated carbocycles. The quantitative estimate of drug-likeness (QED) is 0.430. The van der Waals surface area contributed by atoms with Crippen LogP contribution in [-0.2, 0) is 16.6 Å². The van der Waals surface area contributed by atoms with Crippen LogP contribution in [0, 0.1) is 0 Å². The molecule has 3 aromatic carbocycles. The lowest BCUT2D eigenvalue weighted by atomic mass is 10.2. The van der Waals surface area contributed by atoms with Gasteiger partial charge in [0, 0.05) is 10.6 Å². The summed E-state index contributed by atoms with van der Waals surface area (Å²) in [7, 11) is -3.82. The highest BCUT2D eigenvalue weighted by Crippen LogP contribution is 2.29. The van der Waals surface area contributed by atoms with Gasteiger partial charge in [-0.25, -0.2) is 18.5 Å². The molecule has 1 aromatic heterocycles. The molecule has 1 heterocycles. The minimum absolute atomic E-state index is 0.0140. The summed E-state index contributed by atoms with van der Waals surface area (Å²) in [5.74, 6) is -0.00183. The predicted octanol–water partition coefficient (Wildman–Crippen LogP) is 4.43. The highest BCUT2D eigenvalue weighted by Gasteiger charge is 2.16.